The monoisotopic (exact) mass is 427 g/mol. The zero-order valence-corrected chi connectivity index (χ0v) is 17.6. The maximum Gasteiger partial charge on any atom is 0.251 e. The molecule has 0 saturated heterocycles. The van der Waals surface area contributed by atoms with E-state index in [-0.39, 0.29) is 5.91 Å². The zero-order chi connectivity index (χ0) is 21.3. The molecule has 0 saturated carbocycles. The smallest absolute Gasteiger partial charge is 0.251 e. The fraction of sp³-hybridized carbons (Fsp3) is 0.0800. The fourth-order valence-corrected chi connectivity index (χ4v) is 3.61. The second kappa shape index (κ2) is 10.4. The maximum absolute atomic E-state index is 12.5. The summed E-state index contributed by atoms with van der Waals surface area (Å²) in [5, 5.41) is 3.88. The fourth-order valence-electron chi connectivity index (χ4n) is 2.84. The summed E-state index contributed by atoms with van der Waals surface area (Å²) in [6.07, 6.45) is 5.29. The Labute approximate surface area is 185 Å². The van der Waals surface area contributed by atoms with Gasteiger partial charge in [0.05, 0.1) is 0 Å². The minimum atomic E-state index is -0.105. The van der Waals surface area contributed by atoms with E-state index in [4.69, 9.17) is 4.74 Å². The molecule has 0 atom stereocenters. The molecule has 2 aromatic heterocycles. The number of benzene rings is 2. The van der Waals surface area contributed by atoms with Gasteiger partial charge in [0.1, 0.15) is 17.4 Å². The van der Waals surface area contributed by atoms with E-state index in [9.17, 15) is 4.79 Å². The van der Waals surface area contributed by atoms with Gasteiger partial charge in [-0.05, 0) is 60.2 Å². The highest BCUT2D eigenvalue weighted by Crippen LogP contribution is 2.25. The van der Waals surface area contributed by atoms with Crippen molar-refractivity contribution in [2.45, 2.75) is 23.1 Å². The summed E-state index contributed by atoms with van der Waals surface area (Å²) in [5.41, 5.74) is 2.65. The molecule has 0 aliphatic carbocycles. The van der Waals surface area contributed by atoms with Crippen molar-refractivity contribution in [1.29, 1.82) is 0 Å². The van der Waals surface area contributed by atoms with E-state index in [1.165, 1.54) is 0 Å². The number of carbonyl (C=O) groups is 1. The van der Waals surface area contributed by atoms with Crippen LogP contribution in [0.4, 0.5) is 0 Å². The molecule has 0 aliphatic rings. The van der Waals surface area contributed by atoms with Crippen LogP contribution in [-0.2, 0) is 13.2 Å². The first-order valence-corrected chi connectivity index (χ1v) is 10.7. The normalized spacial score (nSPS) is 10.5. The minimum Gasteiger partial charge on any atom is -0.489 e. The van der Waals surface area contributed by atoms with Crippen molar-refractivity contribution in [1.82, 2.24) is 15.3 Å². The Morgan fingerprint density at radius 3 is 2.42 bits per heavy atom. The maximum atomic E-state index is 12.5. The van der Waals surface area contributed by atoms with Gasteiger partial charge in [0.15, 0.2) is 0 Å². The molecule has 5 nitrogen and oxygen atoms in total. The van der Waals surface area contributed by atoms with Crippen LogP contribution in [-0.4, -0.2) is 15.9 Å². The molecule has 4 rings (SSSR count). The van der Waals surface area contributed by atoms with E-state index in [2.05, 4.69) is 15.3 Å². The Morgan fingerprint density at radius 1 is 0.871 bits per heavy atom. The van der Waals surface area contributed by atoms with E-state index in [1.807, 2.05) is 78.9 Å². The third-order valence-electron chi connectivity index (χ3n) is 4.48. The van der Waals surface area contributed by atoms with Crippen LogP contribution in [0.2, 0.25) is 0 Å². The number of amides is 1. The van der Waals surface area contributed by atoms with Crippen LogP contribution < -0.4 is 10.1 Å². The number of nitrogens with zero attached hydrogens (tertiary/aromatic N) is 2. The highest BCUT2D eigenvalue weighted by atomic mass is 32.2. The predicted molar refractivity (Wildman–Crippen MR) is 121 cm³/mol. The van der Waals surface area contributed by atoms with Gasteiger partial charge < -0.3 is 10.1 Å². The van der Waals surface area contributed by atoms with Gasteiger partial charge in [-0.1, -0.05) is 36.0 Å². The van der Waals surface area contributed by atoms with Crippen molar-refractivity contribution in [2.24, 2.45) is 0 Å². The summed E-state index contributed by atoms with van der Waals surface area (Å²) in [5.74, 6) is 0.672. The second-order valence-electron chi connectivity index (χ2n) is 6.77. The van der Waals surface area contributed by atoms with Crippen molar-refractivity contribution in [2.75, 3.05) is 0 Å². The number of nitrogens with one attached hydrogen (secondary N) is 1. The molecule has 0 fully saturated rings. The lowest BCUT2D eigenvalue weighted by molar-refractivity contribution is 0.0951. The number of carbonyl (C=O) groups excluding carboxylic acids is 1. The topological polar surface area (TPSA) is 64.1 Å². The molecule has 6 heteroatoms. The summed E-state index contributed by atoms with van der Waals surface area (Å²) in [7, 11) is 0. The molecular formula is C25H21N3O2S. The van der Waals surface area contributed by atoms with Crippen LogP contribution in [0.1, 0.15) is 21.5 Å². The zero-order valence-electron chi connectivity index (χ0n) is 16.8. The third-order valence-corrected chi connectivity index (χ3v) is 5.44. The summed E-state index contributed by atoms with van der Waals surface area (Å²) >= 11 is 1.56. The van der Waals surface area contributed by atoms with Crippen LogP contribution in [0.5, 0.6) is 5.75 Å². The van der Waals surface area contributed by atoms with Crippen LogP contribution in [0.25, 0.3) is 0 Å². The van der Waals surface area contributed by atoms with Gasteiger partial charge in [-0.3, -0.25) is 9.78 Å². The van der Waals surface area contributed by atoms with Gasteiger partial charge in [-0.25, -0.2) is 4.98 Å². The van der Waals surface area contributed by atoms with E-state index >= 15 is 0 Å². The molecule has 1 amide bonds. The third kappa shape index (κ3) is 6.17. The SMILES string of the molecule is O=C(NCc1ccc(OCc2cccnc2)cc1)c1ccc(Sc2ccccn2)cc1. The van der Waals surface area contributed by atoms with Gasteiger partial charge >= 0.3 is 0 Å². The molecule has 0 bridgehead atoms. The molecule has 2 heterocycles. The van der Waals surface area contributed by atoms with Crippen molar-refractivity contribution in [3.8, 4) is 5.75 Å². The van der Waals surface area contributed by atoms with Gasteiger partial charge in [0.25, 0.3) is 5.91 Å². The van der Waals surface area contributed by atoms with Gasteiger partial charge in [0, 0.05) is 41.2 Å². The summed E-state index contributed by atoms with van der Waals surface area (Å²) < 4.78 is 5.76. The number of hydrogen-bond acceptors (Lipinski definition) is 5. The molecule has 154 valence electrons. The predicted octanol–water partition coefficient (Wildman–Crippen LogP) is 5.14. The highest BCUT2D eigenvalue weighted by molar-refractivity contribution is 7.99. The second-order valence-corrected chi connectivity index (χ2v) is 7.86. The molecular weight excluding hydrogens is 406 g/mol. The molecule has 4 aromatic rings. The van der Waals surface area contributed by atoms with Gasteiger partial charge in [0.2, 0.25) is 0 Å². The van der Waals surface area contributed by atoms with Crippen molar-refractivity contribution in [3.05, 3.63) is 114 Å². The van der Waals surface area contributed by atoms with E-state index < -0.39 is 0 Å². The van der Waals surface area contributed by atoms with E-state index in [0.29, 0.717) is 18.7 Å². The summed E-state index contributed by atoms with van der Waals surface area (Å²) in [4.78, 5) is 21.9. The Balaban J connectivity index is 1.26. The molecule has 0 unspecified atom stereocenters. The van der Waals surface area contributed by atoms with Crippen LogP contribution in [0.3, 0.4) is 0 Å². The van der Waals surface area contributed by atoms with Gasteiger partial charge in [-0.2, -0.15) is 0 Å². The molecule has 1 N–H and O–H groups in total. The number of pyridine rings is 2. The standard InChI is InChI=1S/C25H21N3O2S/c29-25(21-8-12-23(13-9-21)31-24-5-1-2-15-27-24)28-17-19-6-10-22(11-7-19)30-18-20-4-3-14-26-16-20/h1-16H,17-18H2,(H,28,29). The van der Waals surface area contributed by atoms with Gasteiger partial charge in [-0.15, -0.1) is 0 Å². The average molecular weight is 428 g/mol. The largest absolute Gasteiger partial charge is 0.489 e. The average Bonchev–Trinajstić information content (AvgIpc) is 2.84. The first-order chi connectivity index (χ1) is 15.3. The Kier molecular flexibility index (Phi) is 6.92. The van der Waals surface area contributed by atoms with Crippen molar-refractivity contribution < 1.29 is 9.53 Å². The van der Waals surface area contributed by atoms with Crippen molar-refractivity contribution >= 4 is 17.7 Å². The quantitative estimate of drug-likeness (QED) is 0.422. The lowest BCUT2D eigenvalue weighted by Gasteiger charge is -2.09. The molecule has 2 aromatic carbocycles. The number of hydrogen-bond donors (Lipinski definition) is 1. The lowest BCUT2D eigenvalue weighted by Crippen LogP contribution is -2.22. The van der Waals surface area contributed by atoms with Crippen molar-refractivity contribution in [3.63, 3.8) is 0 Å². The van der Waals surface area contributed by atoms with Crippen LogP contribution >= 0.6 is 11.8 Å². The highest BCUT2D eigenvalue weighted by Gasteiger charge is 2.06. The number of rotatable bonds is 8. The number of aromatic nitrogens is 2. The van der Waals surface area contributed by atoms with Crippen LogP contribution in [0.15, 0.2) is 107 Å². The number of ether oxygens (including phenoxy) is 1. The first-order valence-electron chi connectivity index (χ1n) is 9.84. The van der Waals surface area contributed by atoms with Crippen LogP contribution in [0, 0.1) is 0 Å². The summed E-state index contributed by atoms with van der Waals surface area (Å²) in [6, 6.07) is 24.9. The molecule has 0 spiro atoms. The Hall–Kier alpha value is -3.64. The Bertz CT molecular complexity index is 1100. The first kappa shape index (κ1) is 20.6. The minimum absolute atomic E-state index is 0.105. The lowest BCUT2D eigenvalue weighted by atomic mass is 10.2. The molecule has 0 aliphatic heterocycles. The van der Waals surface area contributed by atoms with E-state index in [1.54, 1.807) is 30.4 Å². The summed E-state index contributed by atoms with van der Waals surface area (Å²) in [6.45, 7) is 0.921. The molecule has 31 heavy (non-hydrogen) atoms. The van der Waals surface area contributed by atoms with E-state index in [0.717, 1.165) is 26.8 Å². The Morgan fingerprint density at radius 2 is 1.71 bits per heavy atom. The molecule has 0 radical (unpaired) electrons.